The van der Waals surface area contributed by atoms with Gasteiger partial charge in [-0.2, -0.15) is 4.98 Å². The fraction of sp³-hybridized carbons (Fsp3) is 0.667. The second kappa shape index (κ2) is 4.14. The van der Waals surface area contributed by atoms with Crippen LogP contribution in [-0.4, -0.2) is 43.4 Å². The number of rotatable bonds is 2. The minimum absolute atomic E-state index is 0.352. The zero-order valence-corrected chi connectivity index (χ0v) is 10.1. The molecule has 0 amide bonds. The highest BCUT2D eigenvalue weighted by Crippen LogP contribution is 2.39. The number of hydrogen-bond acceptors (Lipinski definition) is 5. The molecule has 1 atom stereocenters. The Bertz CT molecular complexity index is 404. The lowest BCUT2D eigenvalue weighted by atomic mass is 9.87. The fourth-order valence-corrected chi connectivity index (χ4v) is 2.69. The molecule has 0 N–H and O–H groups in total. The normalized spacial score (nSPS) is 27.9. The SMILES string of the molecule is COc1cncc(N2CC[C@@]3(CCOC3)C2)n1. The van der Waals surface area contributed by atoms with Gasteiger partial charge in [-0.1, -0.05) is 0 Å². The lowest BCUT2D eigenvalue weighted by molar-refractivity contribution is 0.160. The van der Waals surface area contributed by atoms with E-state index in [1.807, 2.05) is 0 Å². The molecule has 0 aliphatic carbocycles. The molecule has 0 radical (unpaired) electrons. The van der Waals surface area contributed by atoms with Crippen molar-refractivity contribution in [3.8, 4) is 5.88 Å². The van der Waals surface area contributed by atoms with E-state index in [-0.39, 0.29) is 0 Å². The first-order valence-corrected chi connectivity index (χ1v) is 6.00. The van der Waals surface area contributed by atoms with Crippen LogP contribution < -0.4 is 9.64 Å². The van der Waals surface area contributed by atoms with E-state index in [4.69, 9.17) is 9.47 Å². The molecule has 0 unspecified atom stereocenters. The molecule has 1 spiro atoms. The number of methoxy groups -OCH3 is 1. The van der Waals surface area contributed by atoms with E-state index in [1.165, 1.54) is 12.8 Å². The van der Waals surface area contributed by atoms with Crippen molar-refractivity contribution in [1.82, 2.24) is 9.97 Å². The van der Waals surface area contributed by atoms with Crippen molar-refractivity contribution in [2.24, 2.45) is 5.41 Å². The molecule has 2 aliphatic heterocycles. The van der Waals surface area contributed by atoms with Gasteiger partial charge in [-0.15, -0.1) is 0 Å². The van der Waals surface area contributed by atoms with Crippen LogP contribution in [0.15, 0.2) is 12.4 Å². The second-order valence-electron chi connectivity index (χ2n) is 4.89. The van der Waals surface area contributed by atoms with E-state index in [1.54, 1.807) is 19.5 Å². The summed E-state index contributed by atoms with van der Waals surface area (Å²) in [5.41, 5.74) is 0.352. The van der Waals surface area contributed by atoms with Crippen molar-refractivity contribution >= 4 is 5.82 Å². The first-order valence-electron chi connectivity index (χ1n) is 6.00. The summed E-state index contributed by atoms with van der Waals surface area (Å²) in [6.45, 7) is 3.85. The Balaban J connectivity index is 1.77. The number of aromatic nitrogens is 2. The molecule has 3 heterocycles. The second-order valence-corrected chi connectivity index (χ2v) is 4.89. The number of anilines is 1. The van der Waals surface area contributed by atoms with Crippen LogP contribution in [0.25, 0.3) is 0 Å². The molecule has 5 nitrogen and oxygen atoms in total. The average molecular weight is 235 g/mol. The number of nitrogens with zero attached hydrogens (tertiary/aromatic N) is 3. The van der Waals surface area contributed by atoms with E-state index in [9.17, 15) is 0 Å². The topological polar surface area (TPSA) is 47.5 Å². The van der Waals surface area contributed by atoms with Crippen molar-refractivity contribution in [1.29, 1.82) is 0 Å². The molecule has 2 aliphatic rings. The third-order valence-electron chi connectivity index (χ3n) is 3.76. The summed E-state index contributed by atoms with van der Waals surface area (Å²) < 4.78 is 10.6. The molecular weight excluding hydrogens is 218 g/mol. The smallest absolute Gasteiger partial charge is 0.233 e. The van der Waals surface area contributed by atoms with Gasteiger partial charge >= 0.3 is 0 Å². The van der Waals surface area contributed by atoms with Gasteiger partial charge in [0, 0.05) is 25.1 Å². The molecule has 92 valence electrons. The van der Waals surface area contributed by atoms with E-state index in [2.05, 4.69) is 14.9 Å². The van der Waals surface area contributed by atoms with Crippen molar-refractivity contribution < 1.29 is 9.47 Å². The lowest BCUT2D eigenvalue weighted by Gasteiger charge is -2.22. The molecule has 3 rings (SSSR count). The molecule has 1 aromatic heterocycles. The van der Waals surface area contributed by atoms with Crippen LogP contribution in [0.5, 0.6) is 5.88 Å². The summed E-state index contributed by atoms with van der Waals surface area (Å²) in [6, 6.07) is 0. The van der Waals surface area contributed by atoms with Gasteiger partial charge in [-0.25, -0.2) is 0 Å². The minimum Gasteiger partial charge on any atom is -0.480 e. The molecule has 0 saturated carbocycles. The summed E-state index contributed by atoms with van der Waals surface area (Å²) in [6.07, 6.45) is 5.79. The van der Waals surface area contributed by atoms with E-state index in [0.29, 0.717) is 11.3 Å². The molecule has 5 heteroatoms. The average Bonchev–Trinajstić information content (AvgIpc) is 3.01. The Labute approximate surface area is 101 Å². The highest BCUT2D eigenvalue weighted by Gasteiger charge is 2.41. The van der Waals surface area contributed by atoms with Crippen LogP contribution in [0.3, 0.4) is 0 Å². The van der Waals surface area contributed by atoms with E-state index < -0.39 is 0 Å². The first kappa shape index (κ1) is 10.8. The van der Waals surface area contributed by atoms with Crippen molar-refractivity contribution in [3.05, 3.63) is 12.4 Å². The maximum absolute atomic E-state index is 5.52. The third-order valence-corrected chi connectivity index (χ3v) is 3.76. The largest absolute Gasteiger partial charge is 0.480 e. The maximum Gasteiger partial charge on any atom is 0.233 e. The molecule has 2 fully saturated rings. The summed E-state index contributed by atoms with van der Waals surface area (Å²) in [7, 11) is 1.62. The molecular formula is C12H17N3O2. The minimum atomic E-state index is 0.352. The zero-order chi connectivity index (χ0) is 11.7. The van der Waals surface area contributed by atoms with E-state index in [0.717, 1.165) is 32.1 Å². The predicted octanol–water partition coefficient (Wildman–Crippen LogP) is 1.10. The maximum atomic E-state index is 5.52. The van der Waals surface area contributed by atoms with Crippen LogP contribution >= 0.6 is 0 Å². The van der Waals surface area contributed by atoms with E-state index >= 15 is 0 Å². The molecule has 0 bridgehead atoms. The summed E-state index contributed by atoms with van der Waals surface area (Å²) >= 11 is 0. The lowest BCUT2D eigenvalue weighted by Crippen LogP contribution is -2.28. The summed E-state index contributed by atoms with van der Waals surface area (Å²) in [4.78, 5) is 10.9. The van der Waals surface area contributed by atoms with Crippen molar-refractivity contribution in [3.63, 3.8) is 0 Å². The monoisotopic (exact) mass is 235 g/mol. The molecule has 2 saturated heterocycles. The number of ether oxygens (including phenoxy) is 2. The Morgan fingerprint density at radius 3 is 3.12 bits per heavy atom. The van der Waals surface area contributed by atoms with Gasteiger partial charge in [-0.3, -0.25) is 4.98 Å². The van der Waals surface area contributed by atoms with Gasteiger partial charge < -0.3 is 14.4 Å². The Morgan fingerprint density at radius 1 is 1.41 bits per heavy atom. The van der Waals surface area contributed by atoms with Crippen molar-refractivity contribution in [2.45, 2.75) is 12.8 Å². The Morgan fingerprint density at radius 2 is 2.35 bits per heavy atom. The highest BCUT2D eigenvalue weighted by molar-refractivity contribution is 5.39. The zero-order valence-electron chi connectivity index (χ0n) is 10.1. The third kappa shape index (κ3) is 1.95. The Hall–Kier alpha value is -1.36. The van der Waals surface area contributed by atoms with Crippen LogP contribution in [0.4, 0.5) is 5.82 Å². The predicted molar refractivity (Wildman–Crippen MR) is 63.3 cm³/mol. The Kier molecular flexibility index (Phi) is 2.63. The summed E-state index contributed by atoms with van der Waals surface area (Å²) in [5.74, 6) is 1.49. The van der Waals surface area contributed by atoms with Crippen LogP contribution in [0.2, 0.25) is 0 Å². The van der Waals surface area contributed by atoms with Gasteiger partial charge in [0.1, 0.15) is 0 Å². The molecule has 0 aromatic carbocycles. The van der Waals surface area contributed by atoms with Crippen LogP contribution in [0.1, 0.15) is 12.8 Å². The molecule has 1 aromatic rings. The summed E-state index contributed by atoms with van der Waals surface area (Å²) in [5, 5.41) is 0. The van der Waals surface area contributed by atoms with Crippen molar-refractivity contribution in [2.75, 3.05) is 38.3 Å². The standard InChI is InChI=1S/C12H17N3O2/c1-16-11-7-13-6-10(14-11)15-4-2-12(8-15)3-5-17-9-12/h6-7H,2-5,8-9H2,1H3/t12-/m1/s1. The van der Waals surface area contributed by atoms with Crippen LogP contribution in [0, 0.1) is 5.41 Å². The first-order chi connectivity index (χ1) is 8.31. The van der Waals surface area contributed by atoms with Gasteiger partial charge in [0.2, 0.25) is 5.88 Å². The van der Waals surface area contributed by atoms with Gasteiger partial charge in [0.25, 0.3) is 0 Å². The van der Waals surface area contributed by atoms with Gasteiger partial charge in [0.05, 0.1) is 26.1 Å². The fourth-order valence-electron chi connectivity index (χ4n) is 2.69. The quantitative estimate of drug-likeness (QED) is 0.768. The van der Waals surface area contributed by atoms with Gasteiger partial charge in [-0.05, 0) is 12.8 Å². The highest BCUT2D eigenvalue weighted by atomic mass is 16.5. The van der Waals surface area contributed by atoms with Crippen LogP contribution in [-0.2, 0) is 4.74 Å². The molecule has 17 heavy (non-hydrogen) atoms. The number of hydrogen-bond donors (Lipinski definition) is 0. The van der Waals surface area contributed by atoms with Gasteiger partial charge in [0.15, 0.2) is 5.82 Å².